The lowest BCUT2D eigenvalue weighted by Crippen LogP contribution is -2.48. The lowest BCUT2D eigenvalue weighted by molar-refractivity contribution is -0.125. The van der Waals surface area contributed by atoms with Gasteiger partial charge < -0.3 is 10.1 Å². The maximum absolute atomic E-state index is 11.8. The fourth-order valence-electron chi connectivity index (χ4n) is 2.19. The van der Waals surface area contributed by atoms with Crippen LogP contribution in [0.2, 0.25) is 0 Å². The first-order valence-corrected chi connectivity index (χ1v) is 6.90. The van der Waals surface area contributed by atoms with Gasteiger partial charge in [-0.25, -0.2) is 4.79 Å². The van der Waals surface area contributed by atoms with Crippen LogP contribution in [-0.2, 0) is 9.53 Å². The standard InChI is InChI=1S/C16H18N2O3/c1-11-4-3-5-12(8-11)15(20)21-9-14(19)18-16(2,10-17)13-6-7-13/h3-5,8,13H,6-7,9H2,1-2H3,(H,18,19)/t16-/m0/s1. The molecule has 1 atom stereocenters. The quantitative estimate of drug-likeness (QED) is 0.839. The van der Waals surface area contributed by atoms with Gasteiger partial charge in [-0.2, -0.15) is 5.26 Å². The van der Waals surface area contributed by atoms with Gasteiger partial charge in [-0.3, -0.25) is 4.79 Å². The van der Waals surface area contributed by atoms with Crippen LogP contribution in [0.4, 0.5) is 0 Å². The molecule has 1 fully saturated rings. The Hall–Kier alpha value is -2.35. The van der Waals surface area contributed by atoms with Crippen molar-refractivity contribution < 1.29 is 14.3 Å². The summed E-state index contributed by atoms with van der Waals surface area (Å²) in [6.45, 7) is 3.19. The van der Waals surface area contributed by atoms with Gasteiger partial charge in [-0.1, -0.05) is 17.7 Å². The number of nitrogens with zero attached hydrogens (tertiary/aromatic N) is 1. The summed E-state index contributed by atoms with van der Waals surface area (Å²) in [6, 6.07) is 9.09. The van der Waals surface area contributed by atoms with Gasteiger partial charge in [0.25, 0.3) is 5.91 Å². The van der Waals surface area contributed by atoms with Crippen LogP contribution in [0.3, 0.4) is 0 Å². The van der Waals surface area contributed by atoms with Crippen molar-refractivity contribution in [2.75, 3.05) is 6.61 Å². The average Bonchev–Trinajstić information content (AvgIpc) is 3.29. The predicted octanol–water partition coefficient (Wildman–Crippen LogP) is 1.96. The molecule has 21 heavy (non-hydrogen) atoms. The molecule has 1 aromatic rings. The van der Waals surface area contributed by atoms with E-state index < -0.39 is 17.4 Å². The fourth-order valence-corrected chi connectivity index (χ4v) is 2.19. The van der Waals surface area contributed by atoms with E-state index in [1.165, 1.54) is 0 Å². The van der Waals surface area contributed by atoms with Crippen molar-refractivity contribution in [2.24, 2.45) is 5.92 Å². The molecule has 1 amide bonds. The molecule has 0 heterocycles. The van der Waals surface area contributed by atoms with Crippen LogP contribution in [0.15, 0.2) is 24.3 Å². The molecule has 1 saturated carbocycles. The van der Waals surface area contributed by atoms with Crippen LogP contribution in [-0.4, -0.2) is 24.0 Å². The van der Waals surface area contributed by atoms with Gasteiger partial charge in [-0.15, -0.1) is 0 Å². The van der Waals surface area contributed by atoms with Crippen LogP contribution >= 0.6 is 0 Å². The number of carbonyl (C=O) groups excluding carboxylic acids is 2. The van der Waals surface area contributed by atoms with Gasteiger partial charge in [0.1, 0.15) is 5.54 Å². The van der Waals surface area contributed by atoms with Gasteiger partial charge in [0.05, 0.1) is 11.6 Å². The number of rotatable bonds is 5. The second kappa shape index (κ2) is 5.96. The Morgan fingerprint density at radius 2 is 2.19 bits per heavy atom. The molecule has 1 aromatic carbocycles. The average molecular weight is 286 g/mol. The van der Waals surface area contributed by atoms with Crippen molar-refractivity contribution in [3.63, 3.8) is 0 Å². The molecule has 2 rings (SSSR count). The normalized spacial score (nSPS) is 16.4. The Morgan fingerprint density at radius 3 is 2.76 bits per heavy atom. The number of nitriles is 1. The first-order chi connectivity index (χ1) is 9.94. The second-order valence-electron chi connectivity index (χ2n) is 5.58. The van der Waals surface area contributed by atoms with Crippen LogP contribution in [0.1, 0.15) is 35.7 Å². The van der Waals surface area contributed by atoms with E-state index in [0.717, 1.165) is 18.4 Å². The van der Waals surface area contributed by atoms with Crippen LogP contribution < -0.4 is 5.32 Å². The number of benzene rings is 1. The zero-order valence-corrected chi connectivity index (χ0v) is 12.2. The van der Waals surface area contributed by atoms with Gasteiger partial charge in [0, 0.05) is 0 Å². The highest BCUT2D eigenvalue weighted by Gasteiger charge is 2.43. The second-order valence-corrected chi connectivity index (χ2v) is 5.58. The molecule has 0 saturated heterocycles. The number of hydrogen-bond donors (Lipinski definition) is 1. The lowest BCUT2D eigenvalue weighted by atomic mass is 9.98. The molecule has 0 spiro atoms. The molecule has 0 unspecified atom stereocenters. The minimum absolute atomic E-state index is 0.193. The number of aryl methyl sites for hydroxylation is 1. The molecule has 0 aliphatic heterocycles. The number of amides is 1. The third-order valence-electron chi connectivity index (χ3n) is 3.61. The summed E-state index contributed by atoms with van der Waals surface area (Å²) in [7, 11) is 0. The van der Waals surface area contributed by atoms with E-state index in [2.05, 4.69) is 11.4 Å². The highest BCUT2D eigenvalue weighted by molar-refractivity contribution is 5.91. The van der Waals surface area contributed by atoms with E-state index in [-0.39, 0.29) is 12.5 Å². The SMILES string of the molecule is Cc1cccc(C(=O)OCC(=O)N[C@@](C)(C#N)C2CC2)c1. The summed E-state index contributed by atoms with van der Waals surface area (Å²) >= 11 is 0. The zero-order valence-electron chi connectivity index (χ0n) is 12.2. The van der Waals surface area contributed by atoms with Crippen molar-refractivity contribution in [3.8, 4) is 6.07 Å². The highest BCUT2D eigenvalue weighted by Crippen LogP contribution is 2.39. The van der Waals surface area contributed by atoms with Crippen molar-refractivity contribution in [2.45, 2.75) is 32.2 Å². The number of ether oxygens (including phenoxy) is 1. The maximum atomic E-state index is 11.8. The summed E-state index contributed by atoms with van der Waals surface area (Å²) < 4.78 is 4.98. The van der Waals surface area contributed by atoms with E-state index in [0.29, 0.717) is 5.56 Å². The number of hydrogen-bond acceptors (Lipinski definition) is 4. The summed E-state index contributed by atoms with van der Waals surface area (Å²) in [4.78, 5) is 23.6. The molecule has 5 nitrogen and oxygen atoms in total. The molecule has 5 heteroatoms. The van der Waals surface area contributed by atoms with Crippen molar-refractivity contribution in [1.82, 2.24) is 5.32 Å². The summed E-state index contributed by atoms with van der Waals surface area (Å²) in [5.74, 6) is -0.801. The third-order valence-corrected chi connectivity index (χ3v) is 3.61. The molecule has 0 aromatic heterocycles. The molecule has 110 valence electrons. The summed E-state index contributed by atoms with van der Waals surface area (Å²) in [6.07, 6.45) is 1.88. The number of nitrogens with one attached hydrogen (secondary N) is 1. The van der Waals surface area contributed by atoms with Gasteiger partial charge >= 0.3 is 5.97 Å². The van der Waals surface area contributed by atoms with E-state index in [1.54, 1.807) is 25.1 Å². The van der Waals surface area contributed by atoms with Gasteiger partial charge in [-0.05, 0) is 44.7 Å². The van der Waals surface area contributed by atoms with E-state index in [9.17, 15) is 9.59 Å². The summed E-state index contributed by atoms with van der Waals surface area (Å²) in [5.41, 5.74) is 0.486. The molecule has 0 bridgehead atoms. The smallest absolute Gasteiger partial charge is 0.338 e. The third kappa shape index (κ3) is 3.82. The van der Waals surface area contributed by atoms with Crippen molar-refractivity contribution in [1.29, 1.82) is 5.26 Å². The molecule has 1 aliphatic carbocycles. The minimum Gasteiger partial charge on any atom is -0.452 e. The highest BCUT2D eigenvalue weighted by atomic mass is 16.5. The minimum atomic E-state index is -0.868. The Labute approximate surface area is 123 Å². The van der Waals surface area contributed by atoms with Crippen LogP contribution in [0.5, 0.6) is 0 Å². The Kier molecular flexibility index (Phi) is 4.27. The van der Waals surface area contributed by atoms with E-state index >= 15 is 0 Å². The predicted molar refractivity (Wildman–Crippen MR) is 76.3 cm³/mol. The topological polar surface area (TPSA) is 79.2 Å². The van der Waals surface area contributed by atoms with Crippen LogP contribution in [0.25, 0.3) is 0 Å². The lowest BCUT2D eigenvalue weighted by Gasteiger charge is -2.22. The van der Waals surface area contributed by atoms with Crippen LogP contribution in [0, 0.1) is 24.2 Å². The number of carbonyl (C=O) groups is 2. The van der Waals surface area contributed by atoms with Crippen molar-refractivity contribution in [3.05, 3.63) is 35.4 Å². The fraction of sp³-hybridized carbons (Fsp3) is 0.438. The first-order valence-electron chi connectivity index (χ1n) is 6.90. The number of esters is 1. The Bertz CT molecular complexity index is 602. The van der Waals surface area contributed by atoms with Gasteiger partial charge in [0.2, 0.25) is 0 Å². The molecule has 1 aliphatic rings. The van der Waals surface area contributed by atoms with E-state index in [1.807, 2.05) is 13.0 Å². The maximum Gasteiger partial charge on any atom is 0.338 e. The van der Waals surface area contributed by atoms with Crippen molar-refractivity contribution >= 4 is 11.9 Å². The zero-order chi connectivity index (χ0) is 15.5. The Balaban J connectivity index is 1.87. The largest absolute Gasteiger partial charge is 0.452 e. The van der Waals surface area contributed by atoms with E-state index in [4.69, 9.17) is 10.00 Å². The molecular formula is C16H18N2O3. The molecular weight excluding hydrogens is 268 g/mol. The monoisotopic (exact) mass is 286 g/mol. The van der Waals surface area contributed by atoms with Gasteiger partial charge in [0.15, 0.2) is 6.61 Å². The Morgan fingerprint density at radius 1 is 1.48 bits per heavy atom. The molecule has 1 N–H and O–H groups in total. The molecule has 0 radical (unpaired) electrons. The summed E-state index contributed by atoms with van der Waals surface area (Å²) in [5, 5.41) is 11.8. The first kappa shape index (κ1) is 15.0.